The smallest absolute Gasteiger partial charge is 0.309 e. The quantitative estimate of drug-likeness (QED) is 0.710. The minimum Gasteiger partial charge on any atom is -0.481 e. The molecule has 4 heteroatoms. The van der Waals surface area contributed by atoms with E-state index in [-0.39, 0.29) is 6.42 Å². The van der Waals surface area contributed by atoms with E-state index in [1.807, 2.05) is 19.2 Å². The van der Waals surface area contributed by atoms with Gasteiger partial charge >= 0.3 is 5.97 Å². The van der Waals surface area contributed by atoms with E-state index in [0.29, 0.717) is 5.69 Å². The highest BCUT2D eigenvalue weighted by molar-refractivity contribution is 5.69. The lowest BCUT2D eigenvalue weighted by atomic mass is 10.2. The average Bonchev–Trinajstić information content (AvgIpc) is 2.26. The van der Waals surface area contributed by atoms with Crippen molar-refractivity contribution in [3.63, 3.8) is 0 Å². The van der Waals surface area contributed by atoms with Crippen LogP contribution < -0.4 is 5.32 Å². The summed E-state index contributed by atoms with van der Waals surface area (Å²) in [6.07, 6.45) is 6.67. The molecule has 0 aromatic carbocycles. The fourth-order valence-corrected chi connectivity index (χ4v) is 1.24. The van der Waals surface area contributed by atoms with Gasteiger partial charge in [0, 0.05) is 6.20 Å². The number of carbonyl (C=O) groups is 1. The van der Waals surface area contributed by atoms with Crippen LogP contribution in [0.1, 0.15) is 17.7 Å². The van der Waals surface area contributed by atoms with Crippen molar-refractivity contribution in [3.05, 3.63) is 35.7 Å². The summed E-state index contributed by atoms with van der Waals surface area (Å²) in [6.45, 7) is 0.945. The van der Waals surface area contributed by atoms with Crippen LogP contribution in [-0.2, 0) is 11.2 Å². The highest BCUT2D eigenvalue weighted by Crippen LogP contribution is 2.03. The molecule has 2 N–H and O–H groups in total. The summed E-state index contributed by atoms with van der Waals surface area (Å²) in [5.74, 6) is -0.857. The first kappa shape index (κ1) is 12.4. The van der Waals surface area contributed by atoms with Gasteiger partial charge in [-0.25, -0.2) is 0 Å². The van der Waals surface area contributed by atoms with E-state index in [4.69, 9.17) is 5.11 Å². The van der Waals surface area contributed by atoms with Crippen molar-refractivity contribution in [2.24, 2.45) is 0 Å². The molecule has 1 aromatic rings. The lowest BCUT2D eigenvalue weighted by Crippen LogP contribution is -2.05. The number of hydrogen-bond acceptors (Lipinski definition) is 3. The minimum absolute atomic E-state index is 0.0241. The number of aromatic nitrogens is 1. The first-order valence-corrected chi connectivity index (χ1v) is 5.20. The Balaban J connectivity index is 2.50. The van der Waals surface area contributed by atoms with Crippen LogP contribution in [0.25, 0.3) is 6.08 Å². The van der Waals surface area contributed by atoms with Gasteiger partial charge in [0.1, 0.15) is 0 Å². The van der Waals surface area contributed by atoms with E-state index in [1.165, 1.54) is 0 Å². The number of nitrogens with one attached hydrogen (secondary N) is 1. The monoisotopic (exact) mass is 220 g/mol. The Labute approximate surface area is 95.0 Å². The zero-order valence-corrected chi connectivity index (χ0v) is 9.31. The number of nitrogens with zero attached hydrogens (tertiary/aromatic N) is 1. The van der Waals surface area contributed by atoms with Crippen LogP contribution in [0.15, 0.2) is 24.4 Å². The van der Waals surface area contributed by atoms with Crippen LogP contribution in [-0.4, -0.2) is 29.7 Å². The van der Waals surface area contributed by atoms with Crippen molar-refractivity contribution < 1.29 is 9.90 Å². The lowest BCUT2D eigenvalue weighted by Gasteiger charge is -1.97. The van der Waals surface area contributed by atoms with Gasteiger partial charge in [-0.2, -0.15) is 0 Å². The van der Waals surface area contributed by atoms with Gasteiger partial charge in [0.15, 0.2) is 0 Å². The molecular weight excluding hydrogens is 204 g/mol. The Morgan fingerprint density at radius 3 is 2.94 bits per heavy atom. The Hall–Kier alpha value is -1.68. The van der Waals surface area contributed by atoms with Gasteiger partial charge in [-0.1, -0.05) is 18.2 Å². The molecule has 0 radical (unpaired) electrons. The summed E-state index contributed by atoms with van der Waals surface area (Å²) in [6, 6.07) is 3.62. The molecule has 1 heterocycles. The average molecular weight is 220 g/mol. The van der Waals surface area contributed by atoms with Crippen molar-refractivity contribution in [2.75, 3.05) is 13.6 Å². The van der Waals surface area contributed by atoms with Crippen LogP contribution >= 0.6 is 0 Å². The van der Waals surface area contributed by atoms with Gasteiger partial charge in [0.2, 0.25) is 0 Å². The van der Waals surface area contributed by atoms with Crippen molar-refractivity contribution in [3.8, 4) is 0 Å². The molecule has 0 spiro atoms. The molecular formula is C12H16N2O2. The van der Waals surface area contributed by atoms with Gasteiger partial charge in [0.25, 0.3) is 0 Å². The summed E-state index contributed by atoms with van der Waals surface area (Å²) < 4.78 is 0. The van der Waals surface area contributed by atoms with Gasteiger partial charge in [-0.05, 0) is 31.6 Å². The van der Waals surface area contributed by atoms with Crippen LogP contribution in [0.3, 0.4) is 0 Å². The third-order valence-corrected chi connectivity index (χ3v) is 2.05. The van der Waals surface area contributed by atoms with E-state index in [2.05, 4.69) is 16.4 Å². The zero-order valence-electron chi connectivity index (χ0n) is 9.31. The lowest BCUT2D eigenvalue weighted by molar-refractivity contribution is -0.136. The van der Waals surface area contributed by atoms with E-state index in [1.54, 1.807) is 12.3 Å². The third-order valence-electron chi connectivity index (χ3n) is 2.05. The SMILES string of the molecule is CNCCC=Cc1ccc(CC(=O)O)nc1. The molecule has 86 valence electrons. The topological polar surface area (TPSA) is 62.2 Å². The molecule has 0 fully saturated rings. The van der Waals surface area contributed by atoms with Crippen LogP contribution in [0.2, 0.25) is 0 Å². The second kappa shape index (κ2) is 6.74. The largest absolute Gasteiger partial charge is 0.481 e. The Morgan fingerprint density at radius 1 is 1.56 bits per heavy atom. The number of pyridine rings is 1. The summed E-state index contributed by atoms with van der Waals surface area (Å²) in [4.78, 5) is 14.5. The first-order chi connectivity index (χ1) is 7.72. The van der Waals surface area contributed by atoms with Gasteiger partial charge in [-0.15, -0.1) is 0 Å². The summed E-state index contributed by atoms with van der Waals surface area (Å²) in [5.41, 5.74) is 1.57. The maximum atomic E-state index is 10.4. The van der Waals surface area contributed by atoms with Crippen molar-refractivity contribution >= 4 is 12.0 Å². The van der Waals surface area contributed by atoms with Crippen molar-refractivity contribution in [2.45, 2.75) is 12.8 Å². The van der Waals surface area contributed by atoms with Crippen LogP contribution in [0.4, 0.5) is 0 Å². The summed E-state index contributed by atoms with van der Waals surface area (Å²) in [5, 5.41) is 11.6. The van der Waals surface area contributed by atoms with Crippen molar-refractivity contribution in [1.82, 2.24) is 10.3 Å². The maximum Gasteiger partial charge on any atom is 0.309 e. The molecule has 0 bridgehead atoms. The molecule has 0 aliphatic carbocycles. The fraction of sp³-hybridized carbons (Fsp3) is 0.333. The molecule has 0 saturated carbocycles. The minimum atomic E-state index is -0.857. The molecule has 1 rings (SSSR count). The normalized spacial score (nSPS) is 10.8. The standard InChI is InChI=1S/C12H16N2O2/c1-13-7-3-2-4-10-5-6-11(14-9-10)8-12(15)16/h2,4-6,9,13H,3,7-8H2,1H3,(H,15,16). The van der Waals surface area contributed by atoms with E-state index in [0.717, 1.165) is 18.5 Å². The van der Waals surface area contributed by atoms with Crippen LogP contribution in [0, 0.1) is 0 Å². The van der Waals surface area contributed by atoms with E-state index < -0.39 is 5.97 Å². The molecule has 0 atom stereocenters. The Kier molecular flexibility index (Phi) is 5.22. The third kappa shape index (κ3) is 4.70. The Morgan fingerprint density at radius 2 is 2.38 bits per heavy atom. The second-order valence-corrected chi connectivity index (χ2v) is 3.45. The van der Waals surface area contributed by atoms with Crippen molar-refractivity contribution in [1.29, 1.82) is 0 Å². The maximum absolute atomic E-state index is 10.4. The number of hydrogen-bond donors (Lipinski definition) is 2. The number of aliphatic carboxylic acids is 1. The molecule has 4 nitrogen and oxygen atoms in total. The number of carboxylic acid groups (broad SMARTS) is 1. The zero-order chi connectivity index (χ0) is 11.8. The summed E-state index contributed by atoms with van der Waals surface area (Å²) >= 11 is 0. The summed E-state index contributed by atoms with van der Waals surface area (Å²) in [7, 11) is 1.91. The number of rotatable bonds is 6. The van der Waals surface area contributed by atoms with E-state index in [9.17, 15) is 4.79 Å². The van der Waals surface area contributed by atoms with Gasteiger partial charge < -0.3 is 10.4 Å². The predicted octanol–water partition coefficient (Wildman–Crippen LogP) is 1.33. The molecule has 1 aromatic heterocycles. The highest BCUT2D eigenvalue weighted by Gasteiger charge is 2.00. The Bertz CT molecular complexity index is 358. The van der Waals surface area contributed by atoms with Gasteiger partial charge in [-0.3, -0.25) is 9.78 Å². The molecule has 0 amide bonds. The molecule has 0 aliphatic rings. The van der Waals surface area contributed by atoms with Gasteiger partial charge in [0.05, 0.1) is 12.1 Å². The highest BCUT2D eigenvalue weighted by atomic mass is 16.4. The predicted molar refractivity (Wildman–Crippen MR) is 63.2 cm³/mol. The van der Waals surface area contributed by atoms with Crippen LogP contribution in [0.5, 0.6) is 0 Å². The molecule has 0 aliphatic heterocycles. The molecule has 0 unspecified atom stereocenters. The molecule has 16 heavy (non-hydrogen) atoms. The fourth-order valence-electron chi connectivity index (χ4n) is 1.24. The first-order valence-electron chi connectivity index (χ1n) is 5.20. The number of carboxylic acids is 1. The van der Waals surface area contributed by atoms with E-state index >= 15 is 0 Å². The second-order valence-electron chi connectivity index (χ2n) is 3.45. The molecule has 0 saturated heterocycles.